The van der Waals surface area contributed by atoms with Crippen LogP contribution in [-0.4, -0.2) is 16.2 Å². The van der Waals surface area contributed by atoms with E-state index in [4.69, 9.17) is 4.74 Å². The third-order valence-corrected chi connectivity index (χ3v) is 3.89. The molecule has 0 bridgehead atoms. The Hall–Kier alpha value is -3.26. The van der Waals surface area contributed by atoms with E-state index >= 15 is 0 Å². The van der Waals surface area contributed by atoms with Gasteiger partial charge in [-0.1, -0.05) is 49.7 Å². The van der Waals surface area contributed by atoms with Crippen LogP contribution in [0.4, 0.5) is 0 Å². The zero-order valence-electron chi connectivity index (χ0n) is 14.6. The number of ether oxygens (including phenoxy) is 1. The van der Waals surface area contributed by atoms with Gasteiger partial charge >= 0.3 is 5.97 Å². The van der Waals surface area contributed by atoms with Crippen molar-refractivity contribution in [1.82, 2.24) is 0 Å². The van der Waals surface area contributed by atoms with Gasteiger partial charge in [0.25, 0.3) is 0 Å². The Morgan fingerprint density at radius 2 is 1.92 bits per heavy atom. The van der Waals surface area contributed by atoms with Gasteiger partial charge in [-0.25, -0.2) is 4.79 Å². The molecule has 26 heavy (non-hydrogen) atoms. The number of benzene rings is 2. The molecule has 0 saturated carbocycles. The molecule has 1 unspecified atom stereocenters. The quantitative estimate of drug-likeness (QED) is 0.332. The zero-order valence-corrected chi connectivity index (χ0v) is 14.6. The molecule has 0 spiro atoms. The number of unbranched alkanes of at least 4 members (excludes halogenated alkanes) is 1. The molecular weight excluding hydrogens is 330 g/mol. The molecule has 0 heterocycles. The fourth-order valence-corrected chi connectivity index (χ4v) is 2.48. The van der Waals surface area contributed by atoms with Gasteiger partial charge in [0, 0.05) is 0 Å². The van der Waals surface area contributed by atoms with Gasteiger partial charge in [0.05, 0.1) is 0 Å². The number of hydrogen-bond acceptors (Lipinski definition) is 5. The number of rotatable bonds is 7. The van der Waals surface area contributed by atoms with Crippen molar-refractivity contribution in [2.24, 2.45) is 0 Å². The van der Waals surface area contributed by atoms with Gasteiger partial charge in [0.1, 0.15) is 17.7 Å². The largest absolute Gasteiger partial charge is 0.504 e. The molecule has 0 saturated heterocycles. The summed E-state index contributed by atoms with van der Waals surface area (Å²) in [5.41, 5.74) is 1.13. The van der Waals surface area contributed by atoms with E-state index in [-0.39, 0.29) is 17.1 Å². The van der Waals surface area contributed by atoms with Gasteiger partial charge in [-0.05, 0) is 42.2 Å². The monoisotopic (exact) mass is 351 g/mol. The fourth-order valence-electron chi connectivity index (χ4n) is 2.48. The van der Waals surface area contributed by atoms with Crippen LogP contribution in [0.2, 0.25) is 0 Å². The highest BCUT2D eigenvalue weighted by atomic mass is 16.5. The van der Waals surface area contributed by atoms with E-state index in [2.05, 4.69) is 6.92 Å². The van der Waals surface area contributed by atoms with Crippen LogP contribution in [0.1, 0.15) is 43.4 Å². The molecule has 134 valence electrons. The van der Waals surface area contributed by atoms with Crippen molar-refractivity contribution in [2.75, 3.05) is 0 Å². The number of nitriles is 1. The van der Waals surface area contributed by atoms with Crippen LogP contribution in [-0.2, 0) is 9.53 Å². The second-order valence-corrected chi connectivity index (χ2v) is 5.86. The first-order valence-corrected chi connectivity index (χ1v) is 8.44. The highest BCUT2D eigenvalue weighted by Crippen LogP contribution is 2.27. The summed E-state index contributed by atoms with van der Waals surface area (Å²) in [5, 5.41) is 28.2. The molecule has 5 heteroatoms. The number of nitrogens with zero attached hydrogens (tertiary/aromatic N) is 1. The molecule has 0 aliphatic rings. The van der Waals surface area contributed by atoms with Crippen LogP contribution in [0.3, 0.4) is 0 Å². The van der Waals surface area contributed by atoms with Gasteiger partial charge in [-0.15, -0.1) is 0 Å². The molecule has 1 atom stereocenters. The van der Waals surface area contributed by atoms with Crippen molar-refractivity contribution in [1.29, 1.82) is 5.26 Å². The summed E-state index contributed by atoms with van der Waals surface area (Å²) in [7, 11) is 0. The molecule has 5 nitrogen and oxygen atoms in total. The summed E-state index contributed by atoms with van der Waals surface area (Å²) in [6.07, 6.45) is 3.43. The Morgan fingerprint density at radius 1 is 1.19 bits per heavy atom. The van der Waals surface area contributed by atoms with Crippen LogP contribution < -0.4 is 0 Å². The topological polar surface area (TPSA) is 90.6 Å². The molecule has 0 aliphatic heterocycles. The first kappa shape index (κ1) is 19.1. The van der Waals surface area contributed by atoms with Crippen molar-refractivity contribution in [2.45, 2.75) is 32.3 Å². The predicted octanol–water partition coefficient (Wildman–Crippen LogP) is 4.48. The lowest BCUT2D eigenvalue weighted by Crippen LogP contribution is -2.13. The molecule has 2 rings (SSSR count). The Bertz CT molecular complexity index is 822. The molecule has 0 amide bonds. The van der Waals surface area contributed by atoms with Crippen LogP contribution in [0.5, 0.6) is 11.5 Å². The maximum Gasteiger partial charge on any atom is 0.349 e. The smallest absolute Gasteiger partial charge is 0.349 e. The number of esters is 1. The molecule has 2 aromatic rings. The number of carbonyl (C=O) groups is 1. The van der Waals surface area contributed by atoms with Crippen molar-refractivity contribution < 1.29 is 19.7 Å². The van der Waals surface area contributed by atoms with Crippen LogP contribution >= 0.6 is 0 Å². The number of hydrogen-bond donors (Lipinski definition) is 2. The summed E-state index contributed by atoms with van der Waals surface area (Å²) >= 11 is 0. The number of phenolic OH excluding ortho intramolecular Hbond substituents is 2. The standard InChI is InChI=1S/C21H21NO4/c1-2-3-9-20(16-7-5-4-6-8-16)26-21(25)17(14-22)12-15-10-11-18(23)19(24)13-15/h4-8,10-13,20,23-24H,2-3,9H2,1H3/b17-12+. The molecule has 0 radical (unpaired) electrons. The lowest BCUT2D eigenvalue weighted by Gasteiger charge is -2.18. The maximum atomic E-state index is 12.5. The molecular formula is C21H21NO4. The number of aromatic hydroxyl groups is 2. The molecule has 0 aliphatic carbocycles. The van der Waals surface area contributed by atoms with E-state index in [1.807, 2.05) is 36.4 Å². The first-order chi connectivity index (χ1) is 12.5. The summed E-state index contributed by atoms with van der Waals surface area (Å²) in [6.45, 7) is 2.06. The molecule has 0 aromatic heterocycles. The van der Waals surface area contributed by atoms with Crippen LogP contribution in [0.25, 0.3) is 6.08 Å². The fraction of sp³-hybridized carbons (Fsp3) is 0.238. The van der Waals surface area contributed by atoms with E-state index in [9.17, 15) is 20.3 Å². The van der Waals surface area contributed by atoms with E-state index in [1.165, 1.54) is 24.3 Å². The van der Waals surface area contributed by atoms with E-state index < -0.39 is 12.1 Å². The third-order valence-electron chi connectivity index (χ3n) is 3.89. The van der Waals surface area contributed by atoms with Gasteiger partial charge in [0.2, 0.25) is 0 Å². The van der Waals surface area contributed by atoms with Crippen LogP contribution in [0, 0.1) is 11.3 Å². The van der Waals surface area contributed by atoms with Crippen molar-refractivity contribution >= 4 is 12.0 Å². The maximum absolute atomic E-state index is 12.5. The minimum Gasteiger partial charge on any atom is -0.504 e. The summed E-state index contributed by atoms with van der Waals surface area (Å²) in [6, 6.07) is 15.3. The Labute approximate surface area is 152 Å². The summed E-state index contributed by atoms with van der Waals surface area (Å²) < 4.78 is 5.58. The van der Waals surface area contributed by atoms with E-state index in [0.29, 0.717) is 12.0 Å². The average molecular weight is 351 g/mol. The third kappa shape index (κ3) is 5.12. The lowest BCUT2D eigenvalue weighted by atomic mass is 10.0. The van der Waals surface area contributed by atoms with E-state index in [0.717, 1.165) is 18.4 Å². The van der Waals surface area contributed by atoms with Crippen molar-refractivity contribution in [3.05, 3.63) is 65.2 Å². The predicted molar refractivity (Wildman–Crippen MR) is 98.2 cm³/mol. The van der Waals surface area contributed by atoms with E-state index in [1.54, 1.807) is 0 Å². The van der Waals surface area contributed by atoms with Crippen molar-refractivity contribution in [3.8, 4) is 17.6 Å². The highest BCUT2D eigenvalue weighted by molar-refractivity contribution is 5.98. The van der Waals surface area contributed by atoms with Crippen LogP contribution in [0.15, 0.2) is 54.1 Å². The van der Waals surface area contributed by atoms with Gasteiger partial charge < -0.3 is 14.9 Å². The second kappa shape index (κ2) is 9.28. The number of phenols is 2. The lowest BCUT2D eigenvalue weighted by molar-refractivity contribution is -0.144. The molecule has 0 fully saturated rings. The zero-order chi connectivity index (χ0) is 18.9. The van der Waals surface area contributed by atoms with Crippen molar-refractivity contribution in [3.63, 3.8) is 0 Å². The SMILES string of the molecule is CCCCC(OC(=O)/C(C#N)=C/c1ccc(O)c(O)c1)c1ccccc1. The normalized spacial score (nSPS) is 12.2. The van der Waals surface area contributed by atoms with Gasteiger partial charge in [0.15, 0.2) is 11.5 Å². The van der Waals surface area contributed by atoms with Gasteiger partial charge in [-0.3, -0.25) is 0 Å². The Balaban J connectivity index is 2.21. The Kier molecular flexibility index (Phi) is 6.81. The number of carbonyl (C=O) groups excluding carboxylic acids is 1. The highest BCUT2D eigenvalue weighted by Gasteiger charge is 2.19. The second-order valence-electron chi connectivity index (χ2n) is 5.86. The first-order valence-electron chi connectivity index (χ1n) is 8.44. The molecule has 2 N–H and O–H groups in total. The molecule has 2 aromatic carbocycles. The van der Waals surface area contributed by atoms with Gasteiger partial charge in [-0.2, -0.15) is 5.26 Å². The average Bonchev–Trinajstić information content (AvgIpc) is 2.66. The minimum absolute atomic E-state index is 0.174. The summed E-state index contributed by atoms with van der Waals surface area (Å²) in [5.74, 6) is -1.31. The summed E-state index contributed by atoms with van der Waals surface area (Å²) in [4.78, 5) is 12.5. The Morgan fingerprint density at radius 3 is 2.54 bits per heavy atom. The minimum atomic E-state index is -0.718.